The van der Waals surface area contributed by atoms with Crippen molar-refractivity contribution in [3.8, 4) is 0 Å². The summed E-state index contributed by atoms with van der Waals surface area (Å²) >= 11 is 0. The van der Waals surface area contributed by atoms with Crippen LogP contribution in [-0.2, 0) is 20.7 Å². The maximum atomic E-state index is 12.6. The van der Waals surface area contributed by atoms with E-state index in [-0.39, 0.29) is 5.92 Å². The van der Waals surface area contributed by atoms with Crippen LogP contribution in [0.4, 0.5) is 0 Å². The van der Waals surface area contributed by atoms with E-state index in [0.717, 1.165) is 16.8 Å². The van der Waals surface area contributed by atoms with Crippen molar-refractivity contribution >= 4 is 11.8 Å². The van der Waals surface area contributed by atoms with Gasteiger partial charge < -0.3 is 9.84 Å². The zero-order chi connectivity index (χ0) is 21.9. The fraction of sp³-hybridized carbons (Fsp3) is 0.269. The first-order chi connectivity index (χ1) is 15.1. The fourth-order valence-electron chi connectivity index (χ4n) is 3.67. The molecule has 2 aromatic carbocycles. The molecule has 0 spiro atoms. The van der Waals surface area contributed by atoms with Gasteiger partial charge in [0.2, 0.25) is 0 Å². The number of pyridine rings is 1. The van der Waals surface area contributed by atoms with Crippen molar-refractivity contribution in [1.82, 2.24) is 4.98 Å². The number of carboxylic acids is 1. The molecule has 160 valence electrons. The molecule has 0 fully saturated rings. The lowest BCUT2D eigenvalue weighted by Gasteiger charge is -2.22. The van der Waals surface area contributed by atoms with Gasteiger partial charge in [0, 0.05) is 24.2 Å². The van der Waals surface area contributed by atoms with Crippen molar-refractivity contribution in [1.29, 1.82) is 0 Å². The van der Waals surface area contributed by atoms with E-state index in [2.05, 4.69) is 29.2 Å². The predicted molar refractivity (Wildman–Crippen MR) is 119 cm³/mol. The average molecular weight is 418 g/mol. The van der Waals surface area contributed by atoms with Crippen LogP contribution >= 0.6 is 0 Å². The van der Waals surface area contributed by atoms with Crippen molar-refractivity contribution in [2.75, 3.05) is 6.61 Å². The van der Waals surface area contributed by atoms with Crippen molar-refractivity contribution in [2.24, 2.45) is 0 Å². The number of benzene rings is 2. The number of Topliss-reactive ketones (excluding diaryl/α,β-unsaturated/α-hetero) is 1. The van der Waals surface area contributed by atoms with Gasteiger partial charge in [0.05, 0.1) is 6.61 Å². The van der Waals surface area contributed by atoms with Crippen LogP contribution in [-0.4, -0.2) is 34.6 Å². The Morgan fingerprint density at radius 2 is 1.45 bits per heavy atom. The lowest BCUT2D eigenvalue weighted by Crippen LogP contribution is -2.28. The molecule has 1 atom stereocenters. The normalized spacial score (nSPS) is 11.9. The first-order valence-corrected chi connectivity index (χ1v) is 10.5. The second-order valence-electron chi connectivity index (χ2n) is 7.42. The monoisotopic (exact) mass is 417 g/mol. The smallest absolute Gasteiger partial charge is 0.310 e. The molecule has 1 N–H and O–H groups in total. The molecule has 1 heterocycles. The third kappa shape index (κ3) is 7.15. The van der Waals surface area contributed by atoms with Gasteiger partial charge in [-0.15, -0.1) is 0 Å². The van der Waals surface area contributed by atoms with E-state index in [9.17, 15) is 9.59 Å². The number of carbonyl (C=O) groups excluding carboxylic acids is 1. The highest BCUT2D eigenvalue weighted by molar-refractivity contribution is 5.97. The molecule has 5 nitrogen and oxygen atoms in total. The Morgan fingerprint density at radius 1 is 0.839 bits per heavy atom. The zero-order valence-electron chi connectivity index (χ0n) is 17.4. The number of carboxylic acid groups (broad SMARTS) is 1. The van der Waals surface area contributed by atoms with E-state index >= 15 is 0 Å². The number of hydrogen-bond acceptors (Lipinski definition) is 4. The second kappa shape index (κ2) is 11.8. The summed E-state index contributed by atoms with van der Waals surface area (Å²) in [6.07, 6.45) is 2.12. The van der Waals surface area contributed by atoms with E-state index in [1.165, 1.54) is 0 Å². The molecule has 3 aromatic rings. The molecule has 0 aliphatic heterocycles. The quantitative estimate of drug-likeness (QED) is 0.434. The minimum absolute atomic E-state index is 0.0990. The first kappa shape index (κ1) is 22.4. The van der Waals surface area contributed by atoms with Gasteiger partial charge in [0.1, 0.15) is 12.5 Å². The number of nitrogens with zero attached hydrogens (tertiary/aromatic N) is 1. The predicted octanol–water partition coefficient (Wildman–Crippen LogP) is 4.67. The second-order valence-corrected chi connectivity index (χ2v) is 7.42. The van der Waals surface area contributed by atoms with Crippen LogP contribution in [0.2, 0.25) is 0 Å². The van der Waals surface area contributed by atoms with Crippen molar-refractivity contribution in [3.05, 3.63) is 102 Å². The molecular weight excluding hydrogens is 390 g/mol. The highest BCUT2D eigenvalue weighted by atomic mass is 16.5. The summed E-state index contributed by atoms with van der Waals surface area (Å²) in [5, 5.41) is 9.08. The van der Waals surface area contributed by atoms with Gasteiger partial charge >= 0.3 is 5.97 Å². The summed E-state index contributed by atoms with van der Waals surface area (Å²) in [6, 6.07) is 25.9. The maximum Gasteiger partial charge on any atom is 0.310 e. The highest BCUT2D eigenvalue weighted by Gasteiger charge is 2.24. The van der Waals surface area contributed by atoms with Gasteiger partial charge in [-0.2, -0.15) is 0 Å². The van der Waals surface area contributed by atoms with Gasteiger partial charge in [0.25, 0.3) is 0 Å². The molecule has 0 saturated heterocycles. The summed E-state index contributed by atoms with van der Waals surface area (Å²) in [7, 11) is 0. The zero-order valence-corrected chi connectivity index (χ0v) is 17.4. The van der Waals surface area contributed by atoms with Crippen molar-refractivity contribution in [3.63, 3.8) is 0 Å². The first-order valence-electron chi connectivity index (χ1n) is 10.5. The number of hydrogen-bond donors (Lipinski definition) is 1. The van der Waals surface area contributed by atoms with Crippen LogP contribution in [0.15, 0.2) is 85.1 Å². The Labute approximate surface area is 182 Å². The largest absolute Gasteiger partial charge is 0.481 e. The van der Waals surface area contributed by atoms with Crippen LogP contribution in [0.5, 0.6) is 0 Å². The fourth-order valence-corrected chi connectivity index (χ4v) is 3.67. The molecule has 5 heteroatoms. The van der Waals surface area contributed by atoms with Crippen molar-refractivity contribution in [2.45, 2.75) is 37.7 Å². The van der Waals surface area contributed by atoms with Crippen LogP contribution in [0.1, 0.15) is 42.0 Å². The van der Waals surface area contributed by atoms with Gasteiger partial charge in [0.15, 0.2) is 5.78 Å². The van der Waals surface area contributed by atoms with Crippen LogP contribution in [0.3, 0.4) is 0 Å². The van der Waals surface area contributed by atoms with E-state index < -0.39 is 24.3 Å². The number of rotatable bonds is 12. The minimum atomic E-state index is -1.13. The van der Waals surface area contributed by atoms with Crippen molar-refractivity contribution < 1.29 is 19.4 Å². The minimum Gasteiger partial charge on any atom is -0.481 e. The third-order valence-electron chi connectivity index (χ3n) is 5.21. The number of carbonyl (C=O) groups is 2. The molecule has 0 saturated carbocycles. The van der Waals surface area contributed by atoms with Gasteiger partial charge in [-0.1, -0.05) is 66.7 Å². The Bertz CT molecular complexity index is 905. The molecule has 31 heavy (non-hydrogen) atoms. The summed E-state index contributed by atoms with van der Waals surface area (Å²) in [5.41, 5.74) is 3.19. The molecule has 0 aliphatic carbocycles. The molecular formula is C26H27NO4. The van der Waals surface area contributed by atoms with E-state index in [1.54, 1.807) is 6.20 Å². The van der Waals surface area contributed by atoms with Gasteiger partial charge in [-0.3, -0.25) is 14.6 Å². The molecule has 3 rings (SSSR count). The van der Waals surface area contributed by atoms with Crippen LogP contribution in [0, 0.1) is 0 Å². The number of ketones is 1. The number of aromatic nitrogens is 1. The topological polar surface area (TPSA) is 76.5 Å². The Balaban J connectivity index is 1.70. The Kier molecular flexibility index (Phi) is 8.49. The number of ether oxygens (including phenoxy) is 1. The average Bonchev–Trinajstić information content (AvgIpc) is 2.79. The summed E-state index contributed by atoms with van der Waals surface area (Å²) in [6.45, 7) is 0.314. The molecule has 0 radical (unpaired) electrons. The molecule has 0 bridgehead atoms. The molecule has 0 aliphatic rings. The molecule has 1 unspecified atom stereocenters. The SMILES string of the molecule is O=C(O)CC(=O)C(CCC(c1ccccc1)c1ccccc1)OCCc1ccccn1. The van der Waals surface area contributed by atoms with Gasteiger partial charge in [-0.05, 0) is 36.1 Å². The van der Waals surface area contributed by atoms with E-state index in [1.807, 2.05) is 54.6 Å². The third-order valence-corrected chi connectivity index (χ3v) is 5.21. The Hall–Kier alpha value is -3.31. The summed E-state index contributed by atoms with van der Waals surface area (Å²) in [4.78, 5) is 27.9. The van der Waals surface area contributed by atoms with Crippen LogP contribution in [0.25, 0.3) is 0 Å². The molecule has 1 aromatic heterocycles. The maximum absolute atomic E-state index is 12.6. The van der Waals surface area contributed by atoms with Crippen LogP contribution < -0.4 is 0 Å². The van der Waals surface area contributed by atoms with Gasteiger partial charge in [-0.25, -0.2) is 0 Å². The summed E-state index contributed by atoms with van der Waals surface area (Å²) < 4.78 is 5.88. The number of aliphatic carboxylic acids is 1. The van der Waals surface area contributed by atoms with E-state index in [0.29, 0.717) is 25.9 Å². The van der Waals surface area contributed by atoms with E-state index in [4.69, 9.17) is 9.84 Å². The summed E-state index contributed by atoms with van der Waals surface area (Å²) in [5.74, 6) is -1.43. The Morgan fingerprint density at radius 3 is 2.00 bits per heavy atom. The highest BCUT2D eigenvalue weighted by Crippen LogP contribution is 2.30. The molecule has 0 amide bonds. The lowest BCUT2D eigenvalue weighted by molar-refractivity contribution is -0.144. The standard InChI is InChI=1S/C26H27NO4/c28-24(19-26(29)30)25(31-18-16-22-13-7-8-17-27-22)15-14-23(20-9-3-1-4-10-20)21-11-5-2-6-12-21/h1-13,17,23,25H,14-16,18-19H2,(H,29,30). The lowest BCUT2D eigenvalue weighted by atomic mass is 9.86.